The molecule has 3 aromatic rings. The molecule has 0 radical (unpaired) electrons. The largest absolute Gasteiger partial charge is 0.378 e. The minimum Gasteiger partial charge on any atom is -0.378 e. The van der Waals surface area contributed by atoms with E-state index in [1.807, 2.05) is 31.1 Å². The van der Waals surface area contributed by atoms with Gasteiger partial charge >= 0.3 is 0 Å². The van der Waals surface area contributed by atoms with Crippen molar-refractivity contribution >= 4 is 40.6 Å². The Balaban J connectivity index is 1.51. The molecule has 1 fully saturated rings. The number of para-hydroxylation sites is 1. The minimum absolute atomic E-state index is 0.157. The van der Waals surface area contributed by atoms with Crippen molar-refractivity contribution in [2.75, 3.05) is 35.8 Å². The molecule has 1 saturated carbocycles. The van der Waals surface area contributed by atoms with Crippen molar-refractivity contribution in [1.29, 1.82) is 0 Å². The SMILES string of the molecule is CN(C)c1ccc(NC(=O)C2(N(Cc3ccccc3F)C(=O)CN3C(=O)C(=O)c4ccccc43)CCCCC2)cc1. The standard InChI is InChI=1S/C32H33FN4O4/c1-35(2)24-16-14-23(15-17-24)34-31(41)32(18-8-3-9-19-32)37(20-22-10-4-6-12-26(22)33)28(38)21-36-27-13-7-5-11-25(27)29(39)30(36)40/h4-7,10-17H,3,8-9,18-21H2,1-2H3,(H,34,41). The number of ketones is 1. The van der Waals surface area contributed by atoms with Crippen molar-refractivity contribution < 1.29 is 23.6 Å². The summed E-state index contributed by atoms with van der Waals surface area (Å²) in [6.07, 6.45) is 3.09. The van der Waals surface area contributed by atoms with Crippen LogP contribution < -0.4 is 15.1 Å². The van der Waals surface area contributed by atoms with E-state index in [1.54, 1.807) is 54.6 Å². The lowest BCUT2D eigenvalue weighted by Gasteiger charge is -2.45. The molecule has 0 saturated heterocycles. The normalized spacial score (nSPS) is 15.8. The molecule has 1 heterocycles. The topological polar surface area (TPSA) is 90.0 Å². The second-order valence-corrected chi connectivity index (χ2v) is 10.8. The van der Waals surface area contributed by atoms with Crippen molar-refractivity contribution in [2.24, 2.45) is 0 Å². The molecule has 0 aromatic heterocycles. The van der Waals surface area contributed by atoms with Crippen LogP contribution in [0.25, 0.3) is 0 Å². The van der Waals surface area contributed by atoms with Gasteiger partial charge in [0, 0.05) is 37.6 Å². The zero-order valence-electron chi connectivity index (χ0n) is 23.2. The molecule has 3 aromatic carbocycles. The Bertz CT molecular complexity index is 1480. The van der Waals surface area contributed by atoms with Gasteiger partial charge in [-0.25, -0.2) is 4.39 Å². The molecule has 41 heavy (non-hydrogen) atoms. The van der Waals surface area contributed by atoms with E-state index >= 15 is 0 Å². The number of carbonyl (C=O) groups is 4. The van der Waals surface area contributed by atoms with E-state index in [0.29, 0.717) is 37.1 Å². The monoisotopic (exact) mass is 556 g/mol. The summed E-state index contributed by atoms with van der Waals surface area (Å²) in [7, 11) is 3.85. The fourth-order valence-electron chi connectivity index (χ4n) is 5.75. The van der Waals surface area contributed by atoms with Gasteiger partial charge in [-0.2, -0.15) is 0 Å². The lowest BCUT2D eigenvalue weighted by atomic mass is 9.78. The first-order chi connectivity index (χ1) is 19.7. The van der Waals surface area contributed by atoms with E-state index in [1.165, 1.54) is 11.0 Å². The van der Waals surface area contributed by atoms with E-state index in [4.69, 9.17) is 0 Å². The van der Waals surface area contributed by atoms with Gasteiger partial charge in [-0.15, -0.1) is 0 Å². The van der Waals surface area contributed by atoms with Crippen LogP contribution in [0.15, 0.2) is 72.8 Å². The van der Waals surface area contributed by atoms with Gasteiger partial charge in [0.25, 0.3) is 11.7 Å². The highest BCUT2D eigenvalue weighted by molar-refractivity contribution is 6.52. The number of anilines is 3. The minimum atomic E-state index is -1.27. The van der Waals surface area contributed by atoms with E-state index in [9.17, 15) is 23.6 Å². The van der Waals surface area contributed by atoms with Crippen LogP contribution in [-0.2, 0) is 20.9 Å². The lowest BCUT2D eigenvalue weighted by molar-refractivity contribution is -0.148. The highest BCUT2D eigenvalue weighted by atomic mass is 19.1. The number of fused-ring (bicyclic) bond motifs is 1. The van der Waals surface area contributed by atoms with Crippen LogP contribution in [-0.4, -0.2) is 54.6 Å². The van der Waals surface area contributed by atoms with Gasteiger partial charge in [0.15, 0.2) is 0 Å². The molecule has 5 rings (SSSR count). The highest BCUT2D eigenvalue weighted by Gasteiger charge is 2.48. The number of benzene rings is 3. The van der Waals surface area contributed by atoms with E-state index in [0.717, 1.165) is 17.0 Å². The average molecular weight is 557 g/mol. The fraction of sp³-hybridized carbons (Fsp3) is 0.312. The van der Waals surface area contributed by atoms with Crippen molar-refractivity contribution in [3.8, 4) is 0 Å². The first-order valence-electron chi connectivity index (χ1n) is 13.8. The van der Waals surface area contributed by atoms with Crippen molar-refractivity contribution in [1.82, 2.24) is 4.90 Å². The summed E-state index contributed by atoms with van der Waals surface area (Å²) in [5.41, 5.74) is 1.12. The van der Waals surface area contributed by atoms with Gasteiger partial charge < -0.3 is 15.1 Å². The summed E-state index contributed by atoms with van der Waals surface area (Å²) in [5.74, 6) is -2.86. The fourth-order valence-corrected chi connectivity index (χ4v) is 5.75. The van der Waals surface area contributed by atoms with E-state index in [-0.39, 0.29) is 23.6 Å². The number of hydrogen-bond donors (Lipinski definition) is 1. The molecule has 1 aliphatic carbocycles. The summed E-state index contributed by atoms with van der Waals surface area (Å²) < 4.78 is 14.9. The number of carbonyl (C=O) groups excluding carboxylic acids is 4. The second kappa shape index (κ2) is 11.5. The highest BCUT2D eigenvalue weighted by Crippen LogP contribution is 2.37. The Hall–Kier alpha value is -4.53. The van der Waals surface area contributed by atoms with Crippen molar-refractivity contribution in [2.45, 2.75) is 44.2 Å². The molecule has 0 atom stereocenters. The average Bonchev–Trinajstić information content (AvgIpc) is 3.22. The van der Waals surface area contributed by atoms with Gasteiger partial charge in [-0.3, -0.25) is 24.1 Å². The molecule has 1 N–H and O–H groups in total. The van der Waals surface area contributed by atoms with Gasteiger partial charge in [0.05, 0.1) is 11.3 Å². The molecule has 8 nitrogen and oxygen atoms in total. The number of amides is 3. The van der Waals surface area contributed by atoms with Gasteiger partial charge in [0.1, 0.15) is 17.9 Å². The van der Waals surface area contributed by atoms with E-state index < -0.39 is 35.5 Å². The Morgan fingerprint density at radius 2 is 1.56 bits per heavy atom. The molecule has 9 heteroatoms. The molecule has 0 unspecified atom stereocenters. The Morgan fingerprint density at radius 1 is 0.902 bits per heavy atom. The zero-order chi connectivity index (χ0) is 29.1. The predicted octanol–water partition coefficient (Wildman–Crippen LogP) is 4.79. The number of Topliss-reactive ketones (excluding diaryl/α,β-unsaturated/α-hetero) is 1. The maximum Gasteiger partial charge on any atom is 0.299 e. The van der Waals surface area contributed by atoms with Crippen LogP contribution in [0, 0.1) is 5.82 Å². The number of nitrogens with zero attached hydrogens (tertiary/aromatic N) is 3. The molecule has 3 amide bonds. The third-order valence-electron chi connectivity index (χ3n) is 8.02. The molecule has 1 aliphatic heterocycles. The number of halogens is 1. The lowest BCUT2D eigenvalue weighted by Crippen LogP contribution is -2.61. The molecule has 212 valence electrons. The molecule has 2 aliphatic rings. The molecular weight excluding hydrogens is 523 g/mol. The van der Waals surface area contributed by atoms with Gasteiger partial charge in [0.2, 0.25) is 11.8 Å². The summed E-state index contributed by atoms with van der Waals surface area (Å²) in [6, 6.07) is 20.1. The Labute approximate surface area is 238 Å². The van der Waals surface area contributed by atoms with Gasteiger partial charge in [-0.1, -0.05) is 49.6 Å². The third kappa shape index (κ3) is 5.44. The summed E-state index contributed by atoms with van der Waals surface area (Å²) >= 11 is 0. The van der Waals surface area contributed by atoms with Crippen LogP contribution >= 0.6 is 0 Å². The van der Waals surface area contributed by atoms with Crippen LogP contribution in [0.5, 0.6) is 0 Å². The smallest absolute Gasteiger partial charge is 0.299 e. The quantitative estimate of drug-likeness (QED) is 0.403. The van der Waals surface area contributed by atoms with Crippen LogP contribution in [0.2, 0.25) is 0 Å². The Morgan fingerprint density at radius 3 is 2.24 bits per heavy atom. The predicted molar refractivity (Wildman–Crippen MR) is 155 cm³/mol. The van der Waals surface area contributed by atoms with Crippen LogP contribution in [0.1, 0.15) is 48.0 Å². The molecule has 0 spiro atoms. The maximum absolute atomic E-state index is 14.9. The molecular formula is C32H33FN4O4. The summed E-state index contributed by atoms with van der Waals surface area (Å²) in [4.78, 5) is 58.3. The molecule has 0 bridgehead atoms. The first-order valence-corrected chi connectivity index (χ1v) is 13.8. The van der Waals surface area contributed by atoms with Gasteiger partial charge in [-0.05, 0) is 55.3 Å². The van der Waals surface area contributed by atoms with Crippen LogP contribution in [0.3, 0.4) is 0 Å². The van der Waals surface area contributed by atoms with E-state index in [2.05, 4.69) is 5.32 Å². The van der Waals surface area contributed by atoms with Crippen LogP contribution in [0.4, 0.5) is 21.5 Å². The number of nitrogens with one attached hydrogen (secondary N) is 1. The van der Waals surface area contributed by atoms with Crippen molar-refractivity contribution in [3.63, 3.8) is 0 Å². The van der Waals surface area contributed by atoms with Crippen molar-refractivity contribution in [3.05, 3.63) is 89.7 Å². The number of rotatable bonds is 8. The summed E-state index contributed by atoms with van der Waals surface area (Å²) in [5, 5.41) is 3.00. The summed E-state index contributed by atoms with van der Waals surface area (Å²) in [6.45, 7) is -0.598. The number of hydrogen-bond acceptors (Lipinski definition) is 5. The zero-order valence-corrected chi connectivity index (χ0v) is 23.2. The Kier molecular flexibility index (Phi) is 7.88. The first kappa shape index (κ1) is 28.0. The second-order valence-electron chi connectivity index (χ2n) is 10.8. The maximum atomic E-state index is 14.9. The third-order valence-corrected chi connectivity index (χ3v) is 8.02.